The van der Waals surface area contributed by atoms with Crippen LogP contribution in [0, 0.1) is 11.9 Å². The van der Waals surface area contributed by atoms with E-state index >= 15 is 0 Å². The van der Waals surface area contributed by atoms with Crippen molar-refractivity contribution < 1.29 is 4.39 Å². The summed E-state index contributed by atoms with van der Waals surface area (Å²) in [6.45, 7) is 2.13. The summed E-state index contributed by atoms with van der Waals surface area (Å²) < 4.78 is 15.0. The molecule has 6 N–H and O–H groups in total. The molecule has 0 aromatic carbocycles. The number of nitrogens with zero attached hydrogens (tertiary/aromatic N) is 1. The second kappa shape index (κ2) is 4.98. The Labute approximate surface area is 121 Å². The highest BCUT2D eigenvalue weighted by atomic mass is 19.1. The number of halogens is 1. The van der Waals surface area contributed by atoms with E-state index < -0.39 is 5.95 Å². The van der Waals surface area contributed by atoms with Crippen molar-refractivity contribution in [1.82, 2.24) is 14.5 Å². The van der Waals surface area contributed by atoms with Crippen LogP contribution in [0.5, 0.6) is 0 Å². The van der Waals surface area contributed by atoms with Crippen LogP contribution >= 0.6 is 0 Å². The summed E-state index contributed by atoms with van der Waals surface area (Å²) >= 11 is 0. The van der Waals surface area contributed by atoms with Gasteiger partial charge < -0.3 is 16.5 Å². The average molecular weight is 293 g/mol. The highest BCUT2D eigenvalue weighted by molar-refractivity contribution is 5.79. The number of nitrogen functional groups attached to an aromatic ring is 2. The molecule has 0 radical (unpaired) electrons. The lowest BCUT2D eigenvalue weighted by Gasteiger charge is -2.30. The number of rotatable bonds is 2. The van der Waals surface area contributed by atoms with Gasteiger partial charge in [-0.25, -0.2) is 4.79 Å². The van der Waals surface area contributed by atoms with Gasteiger partial charge in [-0.2, -0.15) is 4.39 Å². The first-order valence-corrected chi connectivity index (χ1v) is 7.23. The van der Waals surface area contributed by atoms with Gasteiger partial charge in [0, 0.05) is 17.7 Å². The number of anilines is 2. The summed E-state index contributed by atoms with van der Waals surface area (Å²) in [7, 11) is 0. The van der Waals surface area contributed by atoms with E-state index in [1.807, 2.05) is 0 Å². The van der Waals surface area contributed by atoms with Crippen molar-refractivity contribution in [3.05, 3.63) is 22.5 Å². The number of H-pyrrole nitrogens is 2. The fourth-order valence-electron chi connectivity index (χ4n) is 3.37. The highest BCUT2D eigenvalue weighted by Gasteiger charge is 2.29. The molecule has 2 unspecified atom stereocenters. The molecule has 2 aromatic heterocycles. The van der Waals surface area contributed by atoms with Crippen LogP contribution in [0.4, 0.5) is 16.0 Å². The van der Waals surface area contributed by atoms with E-state index in [2.05, 4.69) is 16.9 Å². The van der Waals surface area contributed by atoms with Crippen LogP contribution in [0.1, 0.15) is 38.6 Å². The summed E-state index contributed by atoms with van der Waals surface area (Å²) in [5.74, 6) is 0.230. The van der Waals surface area contributed by atoms with Crippen molar-refractivity contribution >= 4 is 11.6 Å². The van der Waals surface area contributed by atoms with Crippen molar-refractivity contribution in [3.63, 3.8) is 0 Å². The van der Waals surface area contributed by atoms with Gasteiger partial charge >= 0.3 is 5.69 Å². The normalized spacial score (nSPS) is 22.6. The van der Waals surface area contributed by atoms with Gasteiger partial charge in [-0.05, 0) is 18.8 Å². The number of hydrogen-bond donors (Lipinski definition) is 4. The number of aromatic amines is 2. The zero-order valence-electron chi connectivity index (χ0n) is 11.9. The first-order valence-electron chi connectivity index (χ1n) is 7.23. The molecule has 0 aliphatic heterocycles. The molecular weight excluding hydrogens is 273 g/mol. The molecule has 0 saturated heterocycles. The first-order chi connectivity index (χ1) is 9.99. The van der Waals surface area contributed by atoms with Crippen LogP contribution < -0.4 is 17.2 Å². The molecule has 1 fully saturated rings. The predicted molar refractivity (Wildman–Crippen MR) is 80.3 cm³/mol. The molecule has 0 amide bonds. The maximum Gasteiger partial charge on any atom is 0.327 e. The minimum atomic E-state index is -0.543. The topological polar surface area (TPSA) is 106 Å². The van der Waals surface area contributed by atoms with Gasteiger partial charge in [0.15, 0.2) is 5.95 Å². The lowest BCUT2D eigenvalue weighted by molar-refractivity contribution is 0.254. The maximum atomic E-state index is 13.4. The monoisotopic (exact) mass is 293 g/mol. The maximum absolute atomic E-state index is 13.4. The standard InChI is InChI=1S/C14H20FN5O/c1-7-4-2-3-5-9(7)20-11(13(17)19-14(20)21)8-6-10(15)18-12(8)16/h6-7,9,18H,2-5,16-17H2,1H3,(H,19,21). The summed E-state index contributed by atoms with van der Waals surface area (Å²) in [5, 5.41) is 0. The third kappa shape index (κ3) is 2.22. The average Bonchev–Trinajstić information content (AvgIpc) is 2.89. The summed E-state index contributed by atoms with van der Waals surface area (Å²) in [4.78, 5) is 17.3. The largest absolute Gasteiger partial charge is 0.385 e. The van der Waals surface area contributed by atoms with E-state index in [0.717, 1.165) is 19.3 Å². The molecule has 7 heteroatoms. The molecular formula is C14H20FN5O. The van der Waals surface area contributed by atoms with Crippen LogP contribution in [-0.4, -0.2) is 14.5 Å². The van der Waals surface area contributed by atoms with E-state index in [0.29, 0.717) is 17.2 Å². The number of aromatic nitrogens is 3. The van der Waals surface area contributed by atoms with Crippen LogP contribution in [0.2, 0.25) is 0 Å². The molecule has 1 aliphatic carbocycles. The lowest BCUT2D eigenvalue weighted by atomic mass is 9.85. The molecule has 1 saturated carbocycles. The molecule has 1 aliphatic rings. The van der Waals surface area contributed by atoms with Crippen molar-refractivity contribution in [1.29, 1.82) is 0 Å². The fourth-order valence-corrected chi connectivity index (χ4v) is 3.37. The smallest absolute Gasteiger partial charge is 0.327 e. The van der Waals surface area contributed by atoms with Crippen LogP contribution in [0.15, 0.2) is 10.9 Å². The Morgan fingerprint density at radius 1 is 1.24 bits per heavy atom. The molecule has 6 nitrogen and oxygen atoms in total. The van der Waals surface area contributed by atoms with Gasteiger partial charge in [-0.1, -0.05) is 19.8 Å². The van der Waals surface area contributed by atoms with E-state index in [-0.39, 0.29) is 23.4 Å². The lowest BCUT2D eigenvalue weighted by Crippen LogP contribution is -2.29. The Bertz CT molecular complexity index is 714. The summed E-state index contributed by atoms with van der Waals surface area (Å²) in [6, 6.07) is 1.34. The molecule has 0 spiro atoms. The zero-order chi connectivity index (χ0) is 15.1. The Balaban J connectivity index is 2.17. The molecule has 0 bridgehead atoms. The Morgan fingerprint density at radius 3 is 2.57 bits per heavy atom. The Morgan fingerprint density at radius 2 is 1.95 bits per heavy atom. The van der Waals surface area contributed by atoms with Gasteiger partial charge in [0.2, 0.25) is 0 Å². The zero-order valence-corrected chi connectivity index (χ0v) is 11.9. The number of nitrogens with two attached hydrogens (primary N) is 2. The van der Waals surface area contributed by atoms with Crippen molar-refractivity contribution in [2.45, 2.75) is 38.6 Å². The molecule has 21 heavy (non-hydrogen) atoms. The third-order valence-electron chi connectivity index (χ3n) is 4.42. The molecule has 114 valence electrons. The Hall–Kier alpha value is -2.18. The van der Waals surface area contributed by atoms with Crippen molar-refractivity contribution in [2.24, 2.45) is 5.92 Å². The molecule has 2 aromatic rings. The Kier molecular flexibility index (Phi) is 3.27. The third-order valence-corrected chi connectivity index (χ3v) is 4.42. The van der Waals surface area contributed by atoms with Crippen molar-refractivity contribution in [2.75, 3.05) is 11.5 Å². The SMILES string of the molecule is CC1CCCCC1n1c(-c2cc(F)[nH]c2N)c(N)[nH]c1=O. The quantitative estimate of drug-likeness (QED) is 0.682. The van der Waals surface area contributed by atoms with Gasteiger partial charge in [0.25, 0.3) is 0 Å². The second-order valence-corrected chi connectivity index (χ2v) is 5.84. The fraction of sp³-hybridized carbons (Fsp3) is 0.500. The molecule has 2 heterocycles. The van der Waals surface area contributed by atoms with E-state index in [1.165, 1.54) is 12.5 Å². The minimum absolute atomic E-state index is 0.0622. The number of nitrogens with one attached hydrogen (secondary N) is 2. The minimum Gasteiger partial charge on any atom is -0.385 e. The van der Waals surface area contributed by atoms with Crippen molar-refractivity contribution in [3.8, 4) is 11.3 Å². The van der Waals surface area contributed by atoms with Gasteiger partial charge in [0.1, 0.15) is 11.6 Å². The molecule has 3 rings (SSSR count). The second-order valence-electron chi connectivity index (χ2n) is 5.84. The van der Waals surface area contributed by atoms with Crippen LogP contribution in [0.25, 0.3) is 11.3 Å². The number of hydrogen-bond acceptors (Lipinski definition) is 3. The van der Waals surface area contributed by atoms with E-state index in [9.17, 15) is 9.18 Å². The van der Waals surface area contributed by atoms with E-state index in [4.69, 9.17) is 11.5 Å². The number of imidazole rings is 1. The molecule has 2 atom stereocenters. The summed E-state index contributed by atoms with van der Waals surface area (Å²) in [5.41, 5.74) is 12.4. The predicted octanol–water partition coefficient (Wildman–Crippen LogP) is 2.23. The van der Waals surface area contributed by atoms with E-state index in [1.54, 1.807) is 4.57 Å². The highest BCUT2D eigenvalue weighted by Crippen LogP contribution is 2.38. The first kappa shape index (κ1) is 13.8. The van der Waals surface area contributed by atoms with Gasteiger partial charge in [0.05, 0.1) is 5.69 Å². The van der Waals surface area contributed by atoms with Crippen LogP contribution in [0.3, 0.4) is 0 Å². The summed E-state index contributed by atoms with van der Waals surface area (Å²) in [6.07, 6.45) is 4.22. The van der Waals surface area contributed by atoms with Gasteiger partial charge in [-0.3, -0.25) is 9.55 Å². The van der Waals surface area contributed by atoms with Gasteiger partial charge in [-0.15, -0.1) is 0 Å². The van der Waals surface area contributed by atoms with Crippen LogP contribution in [-0.2, 0) is 0 Å².